The first-order valence-corrected chi connectivity index (χ1v) is 7.20. The summed E-state index contributed by atoms with van der Waals surface area (Å²) in [6.07, 6.45) is 4.79. The Morgan fingerprint density at radius 2 is 2.11 bits per heavy atom. The maximum atomic E-state index is 9.49. The largest absolute Gasteiger partial charge is 0.508 e. The first-order chi connectivity index (χ1) is 8.63. The highest BCUT2D eigenvalue weighted by molar-refractivity contribution is 5.37. The molecule has 0 saturated heterocycles. The van der Waals surface area contributed by atoms with Crippen molar-refractivity contribution in [1.29, 1.82) is 0 Å². The van der Waals surface area contributed by atoms with Crippen molar-refractivity contribution >= 4 is 0 Å². The summed E-state index contributed by atoms with van der Waals surface area (Å²) in [4.78, 5) is 0. The predicted molar refractivity (Wildman–Crippen MR) is 73.8 cm³/mol. The maximum Gasteiger partial charge on any atom is 0.115 e. The van der Waals surface area contributed by atoms with Gasteiger partial charge >= 0.3 is 0 Å². The number of aromatic hydroxyl groups is 1. The molecule has 1 saturated carbocycles. The fourth-order valence-corrected chi connectivity index (χ4v) is 3.43. The number of rotatable bonds is 3. The molecule has 4 atom stereocenters. The van der Waals surface area contributed by atoms with Crippen LogP contribution in [0.15, 0.2) is 18.2 Å². The van der Waals surface area contributed by atoms with E-state index in [1.165, 1.54) is 24.0 Å². The molecule has 2 aliphatic carbocycles. The SMILES string of the molecule is CC(NC1CCc2cc(O)ccc2C1)[C@@H]1C[C@H]1C. The van der Waals surface area contributed by atoms with E-state index in [9.17, 15) is 5.11 Å². The van der Waals surface area contributed by atoms with Crippen molar-refractivity contribution < 1.29 is 5.11 Å². The van der Waals surface area contributed by atoms with Crippen molar-refractivity contribution in [3.8, 4) is 5.75 Å². The van der Waals surface area contributed by atoms with Crippen LogP contribution in [-0.2, 0) is 12.8 Å². The minimum atomic E-state index is 0.403. The Morgan fingerprint density at radius 3 is 2.83 bits per heavy atom. The van der Waals surface area contributed by atoms with E-state index in [0.717, 1.165) is 24.7 Å². The fourth-order valence-electron chi connectivity index (χ4n) is 3.43. The molecule has 0 radical (unpaired) electrons. The minimum Gasteiger partial charge on any atom is -0.508 e. The van der Waals surface area contributed by atoms with E-state index in [-0.39, 0.29) is 0 Å². The molecular weight excluding hydrogens is 222 g/mol. The van der Waals surface area contributed by atoms with Crippen LogP contribution in [0, 0.1) is 11.8 Å². The molecule has 0 bridgehead atoms. The van der Waals surface area contributed by atoms with Crippen LogP contribution in [0.3, 0.4) is 0 Å². The molecule has 98 valence electrons. The predicted octanol–water partition coefficient (Wildman–Crippen LogP) is 2.88. The van der Waals surface area contributed by atoms with E-state index in [4.69, 9.17) is 0 Å². The average Bonchev–Trinajstić information content (AvgIpc) is 3.07. The summed E-state index contributed by atoms with van der Waals surface area (Å²) >= 11 is 0. The third kappa shape index (κ3) is 2.39. The van der Waals surface area contributed by atoms with Crippen LogP contribution >= 0.6 is 0 Å². The van der Waals surface area contributed by atoms with Crippen molar-refractivity contribution in [2.45, 2.75) is 51.6 Å². The molecule has 1 aromatic rings. The van der Waals surface area contributed by atoms with Crippen LogP contribution < -0.4 is 5.32 Å². The van der Waals surface area contributed by atoms with Gasteiger partial charge in [-0.1, -0.05) is 13.0 Å². The summed E-state index contributed by atoms with van der Waals surface area (Å²) in [7, 11) is 0. The molecule has 1 aromatic carbocycles. The second-order valence-corrected chi connectivity index (χ2v) is 6.22. The highest BCUT2D eigenvalue weighted by Crippen LogP contribution is 2.40. The molecule has 3 rings (SSSR count). The smallest absolute Gasteiger partial charge is 0.115 e. The summed E-state index contributed by atoms with van der Waals surface area (Å²) in [5, 5.41) is 13.3. The Kier molecular flexibility index (Phi) is 3.06. The van der Waals surface area contributed by atoms with Gasteiger partial charge in [-0.2, -0.15) is 0 Å². The molecule has 2 unspecified atom stereocenters. The second-order valence-electron chi connectivity index (χ2n) is 6.22. The summed E-state index contributed by atoms with van der Waals surface area (Å²) in [6.45, 7) is 4.68. The highest BCUT2D eigenvalue weighted by Gasteiger charge is 2.37. The number of hydrogen-bond acceptors (Lipinski definition) is 2. The Bertz CT molecular complexity index is 443. The van der Waals surface area contributed by atoms with Gasteiger partial charge in [0.1, 0.15) is 5.75 Å². The van der Waals surface area contributed by atoms with E-state index in [0.29, 0.717) is 17.8 Å². The lowest BCUT2D eigenvalue weighted by molar-refractivity contribution is 0.375. The van der Waals surface area contributed by atoms with Crippen molar-refractivity contribution in [3.05, 3.63) is 29.3 Å². The minimum absolute atomic E-state index is 0.403. The Morgan fingerprint density at radius 1 is 1.33 bits per heavy atom. The zero-order chi connectivity index (χ0) is 12.7. The monoisotopic (exact) mass is 245 g/mol. The summed E-state index contributed by atoms with van der Waals surface area (Å²) in [5.41, 5.74) is 2.74. The lowest BCUT2D eigenvalue weighted by atomic mass is 9.87. The second kappa shape index (κ2) is 4.58. The molecule has 2 nitrogen and oxygen atoms in total. The molecule has 0 aromatic heterocycles. The van der Waals surface area contributed by atoms with E-state index in [2.05, 4.69) is 25.2 Å². The van der Waals surface area contributed by atoms with Crippen LogP contribution in [-0.4, -0.2) is 17.2 Å². The van der Waals surface area contributed by atoms with E-state index < -0.39 is 0 Å². The lowest BCUT2D eigenvalue weighted by Crippen LogP contribution is -2.41. The fraction of sp³-hybridized carbons (Fsp3) is 0.625. The van der Waals surface area contributed by atoms with Gasteiger partial charge in [0.05, 0.1) is 0 Å². The number of hydrogen-bond donors (Lipinski definition) is 2. The molecular formula is C16H23NO. The third-order valence-corrected chi connectivity index (χ3v) is 4.73. The van der Waals surface area contributed by atoms with Gasteiger partial charge in [-0.15, -0.1) is 0 Å². The van der Waals surface area contributed by atoms with Crippen LogP contribution in [0.25, 0.3) is 0 Å². The van der Waals surface area contributed by atoms with Gasteiger partial charge in [0, 0.05) is 12.1 Å². The van der Waals surface area contributed by atoms with Gasteiger partial charge in [-0.25, -0.2) is 0 Å². The standard InChI is InChI=1S/C16H23NO/c1-10-7-16(10)11(2)17-14-5-3-13-9-15(18)6-4-12(13)8-14/h4,6,9-11,14,16-18H,3,5,7-8H2,1-2H3/t10-,11?,14?,16-/m1/s1. The van der Waals surface area contributed by atoms with Crippen molar-refractivity contribution in [1.82, 2.24) is 5.32 Å². The van der Waals surface area contributed by atoms with Crippen molar-refractivity contribution in [2.24, 2.45) is 11.8 Å². The molecule has 0 aliphatic heterocycles. The van der Waals surface area contributed by atoms with Gasteiger partial charge in [0.2, 0.25) is 0 Å². The Hall–Kier alpha value is -1.02. The van der Waals surface area contributed by atoms with Gasteiger partial charge in [0.15, 0.2) is 0 Å². The molecule has 2 N–H and O–H groups in total. The van der Waals surface area contributed by atoms with Gasteiger partial charge in [0.25, 0.3) is 0 Å². The van der Waals surface area contributed by atoms with Crippen LogP contribution in [0.1, 0.15) is 37.8 Å². The molecule has 18 heavy (non-hydrogen) atoms. The number of benzene rings is 1. The zero-order valence-electron chi connectivity index (χ0n) is 11.3. The highest BCUT2D eigenvalue weighted by atomic mass is 16.3. The Labute approximate surface area is 109 Å². The van der Waals surface area contributed by atoms with E-state index >= 15 is 0 Å². The van der Waals surface area contributed by atoms with Gasteiger partial charge < -0.3 is 10.4 Å². The zero-order valence-corrected chi connectivity index (χ0v) is 11.3. The van der Waals surface area contributed by atoms with Crippen molar-refractivity contribution in [2.75, 3.05) is 0 Å². The van der Waals surface area contributed by atoms with Crippen molar-refractivity contribution in [3.63, 3.8) is 0 Å². The number of aryl methyl sites for hydroxylation is 1. The molecule has 0 heterocycles. The van der Waals surface area contributed by atoms with E-state index in [1.54, 1.807) is 0 Å². The number of phenols is 1. The first-order valence-electron chi connectivity index (χ1n) is 7.20. The summed E-state index contributed by atoms with van der Waals surface area (Å²) in [6, 6.07) is 7.10. The normalized spacial score (nSPS) is 31.8. The molecule has 0 spiro atoms. The molecule has 2 heteroatoms. The first kappa shape index (κ1) is 12.0. The van der Waals surface area contributed by atoms with E-state index in [1.807, 2.05) is 12.1 Å². The molecule has 1 fully saturated rings. The topological polar surface area (TPSA) is 32.3 Å². The van der Waals surface area contributed by atoms with Gasteiger partial charge in [-0.3, -0.25) is 0 Å². The third-order valence-electron chi connectivity index (χ3n) is 4.73. The molecule has 0 amide bonds. The van der Waals surface area contributed by atoms with Gasteiger partial charge in [-0.05, 0) is 67.7 Å². The van der Waals surface area contributed by atoms with Crippen LogP contribution in [0.2, 0.25) is 0 Å². The van der Waals surface area contributed by atoms with Crippen LogP contribution in [0.5, 0.6) is 5.75 Å². The maximum absolute atomic E-state index is 9.49. The summed E-state index contributed by atoms with van der Waals surface area (Å²) in [5.74, 6) is 2.21. The number of nitrogens with one attached hydrogen (secondary N) is 1. The molecule has 2 aliphatic rings. The average molecular weight is 245 g/mol. The lowest BCUT2D eigenvalue weighted by Gasteiger charge is -2.28. The Balaban J connectivity index is 1.62. The quantitative estimate of drug-likeness (QED) is 0.858. The number of phenolic OH excluding ortho intramolecular Hbond substituents is 1. The van der Waals surface area contributed by atoms with Crippen LogP contribution in [0.4, 0.5) is 0 Å². The number of fused-ring (bicyclic) bond motifs is 1. The summed E-state index contributed by atoms with van der Waals surface area (Å²) < 4.78 is 0.